The molecule has 116 valence electrons. The lowest BCUT2D eigenvalue weighted by molar-refractivity contribution is -0.150. The van der Waals surface area contributed by atoms with Gasteiger partial charge in [0.1, 0.15) is 0 Å². The molecule has 0 radical (unpaired) electrons. The molecular weight excluding hydrogens is 256 g/mol. The zero-order chi connectivity index (χ0) is 13.9. The van der Waals surface area contributed by atoms with Crippen LogP contribution in [0, 0.1) is 11.8 Å². The summed E-state index contributed by atoms with van der Waals surface area (Å²) in [7, 11) is 0. The molecule has 20 heavy (non-hydrogen) atoms. The Bertz CT molecular complexity index is 299. The van der Waals surface area contributed by atoms with E-state index in [2.05, 4.69) is 0 Å². The van der Waals surface area contributed by atoms with E-state index < -0.39 is 0 Å². The van der Waals surface area contributed by atoms with Crippen LogP contribution in [0.2, 0.25) is 0 Å². The molecule has 4 heteroatoms. The van der Waals surface area contributed by atoms with Gasteiger partial charge in [-0.2, -0.15) is 0 Å². The Hall–Kier alpha value is -0.160. The molecule has 0 aromatic heterocycles. The van der Waals surface area contributed by atoms with Gasteiger partial charge in [-0.25, -0.2) is 0 Å². The molecule has 2 saturated carbocycles. The van der Waals surface area contributed by atoms with E-state index in [1.165, 1.54) is 19.3 Å². The van der Waals surface area contributed by atoms with E-state index in [4.69, 9.17) is 14.2 Å². The van der Waals surface area contributed by atoms with Gasteiger partial charge < -0.3 is 19.3 Å². The predicted molar refractivity (Wildman–Crippen MR) is 75.3 cm³/mol. The molecule has 1 heterocycles. The Morgan fingerprint density at radius 1 is 1.00 bits per heavy atom. The van der Waals surface area contributed by atoms with Gasteiger partial charge in [-0.1, -0.05) is 6.42 Å². The van der Waals surface area contributed by atoms with E-state index in [0.717, 1.165) is 38.9 Å². The van der Waals surface area contributed by atoms with Crippen LogP contribution < -0.4 is 0 Å². The zero-order valence-corrected chi connectivity index (χ0v) is 12.5. The minimum Gasteiger partial charge on any atom is -0.393 e. The van der Waals surface area contributed by atoms with E-state index >= 15 is 0 Å². The van der Waals surface area contributed by atoms with E-state index in [-0.39, 0.29) is 12.4 Å². The van der Waals surface area contributed by atoms with Gasteiger partial charge in [0.25, 0.3) is 0 Å². The molecule has 0 aromatic carbocycles. The van der Waals surface area contributed by atoms with E-state index in [9.17, 15) is 5.11 Å². The molecule has 0 aromatic rings. The molecule has 1 N–H and O–H groups in total. The maximum atomic E-state index is 9.65. The number of aliphatic hydroxyl groups excluding tert-OH is 1. The van der Waals surface area contributed by atoms with Crippen molar-refractivity contribution >= 4 is 0 Å². The number of rotatable bonds is 6. The molecule has 0 amide bonds. The third kappa shape index (κ3) is 4.17. The summed E-state index contributed by atoms with van der Waals surface area (Å²) < 4.78 is 17.2. The monoisotopic (exact) mass is 284 g/mol. The first-order chi connectivity index (χ1) is 9.70. The summed E-state index contributed by atoms with van der Waals surface area (Å²) in [5.74, 6) is 1.14. The van der Waals surface area contributed by atoms with Crippen LogP contribution in [0.25, 0.3) is 0 Å². The van der Waals surface area contributed by atoms with Crippen molar-refractivity contribution in [3.63, 3.8) is 0 Å². The van der Waals surface area contributed by atoms with Crippen LogP contribution >= 0.6 is 0 Å². The van der Waals surface area contributed by atoms with E-state index in [1.807, 2.05) is 6.92 Å². The molecular formula is C16H28O4. The van der Waals surface area contributed by atoms with Gasteiger partial charge in [0.05, 0.1) is 31.5 Å². The highest BCUT2D eigenvalue weighted by atomic mass is 16.7. The molecule has 4 nitrogen and oxygen atoms in total. The summed E-state index contributed by atoms with van der Waals surface area (Å²) in [5.41, 5.74) is 0. The van der Waals surface area contributed by atoms with Gasteiger partial charge in [-0.05, 0) is 57.3 Å². The van der Waals surface area contributed by atoms with Gasteiger partial charge in [0.2, 0.25) is 0 Å². The average Bonchev–Trinajstić information content (AvgIpc) is 3.21. The molecule has 3 rings (SSSR count). The van der Waals surface area contributed by atoms with Gasteiger partial charge in [-0.3, -0.25) is 0 Å². The maximum Gasteiger partial charge on any atom is 0.154 e. The Kier molecular flexibility index (Phi) is 4.97. The quantitative estimate of drug-likeness (QED) is 0.601. The third-order valence-electron chi connectivity index (χ3n) is 5.00. The molecule has 2 aliphatic carbocycles. The van der Waals surface area contributed by atoms with Gasteiger partial charge >= 0.3 is 0 Å². The van der Waals surface area contributed by atoms with Crippen molar-refractivity contribution in [2.24, 2.45) is 11.8 Å². The fourth-order valence-corrected chi connectivity index (χ4v) is 3.64. The van der Waals surface area contributed by atoms with Crippen LogP contribution in [0.4, 0.5) is 0 Å². The number of ether oxygens (including phenoxy) is 3. The Labute approximate surface area is 121 Å². The smallest absolute Gasteiger partial charge is 0.154 e. The van der Waals surface area contributed by atoms with Crippen molar-refractivity contribution in [1.29, 1.82) is 0 Å². The number of fused-ring (bicyclic) bond motifs is 1. The fraction of sp³-hybridized carbons (Fsp3) is 1.00. The Balaban J connectivity index is 1.28. The van der Waals surface area contributed by atoms with Crippen molar-refractivity contribution in [2.45, 2.75) is 76.5 Å². The van der Waals surface area contributed by atoms with Crippen LogP contribution in [0.15, 0.2) is 0 Å². The van der Waals surface area contributed by atoms with Crippen LogP contribution in [0.5, 0.6) is 0 Å². The minimum atomic E-state index is -0.132. The second kappa shape index (κ2) is 6.73. The van der Waals surface area contributed by atoms with Gasteiger partial charge in [0, 0.05) is 0 Å². The Morgan fingerprint density at radius 3 is 2.45 bits per heavy atom. The number of epoxide rings is 1. The van der Waals surface area contributed by atoms with Crippen LogP contribution in [-0.4, -0.2) is 42.9 Å². The third-order valence-corrected chi connectivity index (χ3v) is 5.00. The maximum absolute atomic E-state index is 9.65. The van der Waals surface area contributed by atoms with Crippen molar-refractivity contribution in [3.05, 3.63) is 0 Å². The topological polar surface area (TPSA) is 51.2 Å². The molecule has 3 fully saturated rings. The summed E-state index contributed by atoms with van der Waals surface area (Å²) in [4.78, 5) is 0. The van der Waals surface area contributed by atoms with Crippen molar-refractivity contribution < 1.29 is 19.3 Å². The SMILES string of the molecule is CC(OCC1CCCC(O)C1)OCC1CCC2OC2C1. The summed E-state index contributed by atoms with van der Waals surface area (Å²) in [6.45, 7) is 3.50. The van der Waals surface area contributed by atoms with Crippen molar-refractivity contribution in [3.8, 4) is 0 Å². The van der Waals surface area contributed by atoms with Crippen molar-refractivity contribution in [2.75, 3.05) is 13.2 Å². The van der Waals surface area contributed by atoms with Gasteiger partial charge in [0.15, 0.2) is 6.29 Å². The Morgan fingerprint density at radius 2 is 1.75 bits per heavy atom. The standard InChI is InChI=1S/C16H28O4/c1-11(18-9-12-3-2-4-14(17)7-12)19-10-13-5-6-15-16(8-13)20-15/h11-17H,2-10H2,1H3. The number of aliphatic hydroxyl groups is 1. The second-order valence-corrected chi connectivity index (χ2v) is 6.81. The fourth-order valence-electron chi connectivity index (χ4n) is 3.64. The molecule has 3 aliphatic rings. The van der Waals surface area contributed by atoms with E-state index in [1.54, 1.807) is 0 Å². The average molecular weight is 284 g/mol. The number of hydrogen-bond donors (Lipinski definition) is 1. The largest absolute Gasteiger partial charge is 0.393 e. The van der Waals surface area contributed by atoms with E-state index in [0.29, 0.717) is 24.0 Å². The molecule has 6 unspecified atom stereocenters. The highest BCUT2D eigenvalue weighted by Crippen LogP contribution is 2.39. The lowest BCUT2D eigenvalue weighted by Crippen LogP contribution is -2.27. The number of hydrogen-bond acceptors (Lipinski definition) is 4. The summed E-state index contributed by atoms with van der Waals surface area (Å²) in [6.07, 6.45) is 8.55. The molecule has 0 bridgehead atoms. The lowest BCUT2D eigenvalue weighted by atomic mass is 9.88. The summed E-state index contributed by atoms with van der Waals surface area (Å²) >= 11 is 0. The highest BCUT2D eigenvalue weighted by molar-refractivity contribution is 4.91. The van der Waals surface area contributed by atoms with Crippen molar-refractivity contribution in [1.82, 2.24) is 0 Å². The first-order valence-corrected chi connectivity index (χ1v) is 8.27. The van der Waals surface area contributed by atoms with Crippen LogP contribution in [0.1, 0.15) is 51.9 Å². The molecule has 1 aliphatic heterocycles. The van der Waals surface area contributed by atoms with Gasteiger partial charge in [-0.15, -0.1) is 0 Å². The molecule has 0 spiro atoms. The summed E-state index contributed by atoms with van der Waals surface area (Å²) in [6, 6.07) is 0. The predicted octanol–water partition coefficient (Wildman–Crippen LogP) is 2.48. The second-order valence-electron chi connectivity index (χ2n) is 6.81. The first kappa shape index (κ1) is 14.8. The zero-order valence-electron chi connectivity index (χ0n) is 12.5. The minimum absolute atomic E-state index is 0.123. The highest BCUT2D eigenvalue weighted by Gasteiger charge is 2.43. The molecule has 6 atom stereocenters. The normalized spacial score (nSPS) is 42.0. The molecule has 1 saturated heterocycles. The van der Waals surface area contributed by atoms with Crippen LogP contribution in [0.3, 0.4) is 0 Å². The first-order valence-electron chi connectivity index (χ1n) is 8.27. The summed E-state index contributed by atoms with van der Waals surface area (Å²) in [5, 5.41) is 9.65. The lowest BCUT2D eigenvalue weighted by Gasteiger charge is -2.27. The van der Waals surface area contributed by atoms with Crippen LogP contribution in [-0.2, 0) is 14.2 Å².